The molecule has 0 bridgehead atoms. The van der Waals surface area contributed by atoms with Gasteiger partial charge in [-0.25, -0.2) is 0 Å². The summed E-state index contributed by atoms with van der Waals surface area (Å²) in [5.74, 6) is 0.0531. The summed E-state index contributed by atoms with van der Waals surface area (Å²) in [6, 6.07) is 14.6. The molecule has 0 radical (unpaired) electrons. The van der Waals surface area contributed by atoms with Crippen LogP contribution in [0.3, 0.4) is 0 Å². The maximum absolute atomic E-state index is 13.9. The van der Waals surface area contributed by atoms with Crippen molar-refractivity contribution < 1.29 is 9.90 Å². The van der Waals surface area contributed by atoms with Crippen LogP contribution in [0.15, 0.2) is 48.7 Å². The van der Waals surface area contributed by atoms with Gasteiger partial charge in [0.15, 0.2) is 0 Å². The molecule has 2 aliphatic rings. The predicted molar refractivity (Wildman–Crippen MR) is 133 cm³/mol. The summed E-state index contributed by atoms with van der Waals surface area (Å²) >= 11 is 0. The zero-order valence-corrected chi connectivity index (χ0v) is 19.6. The van der Waals surface area contributed by atoms with Gasteiger partial charge in [-0.1, -0.05) is 50.1 Å². The highest BCUT2D eigenvalue weighted by molar-refractivity contribution is 6.11. The lowest BCUT2D eigenvalue weighted by Gasteiger charge is -2.45. The van der Waals surface area contributed by atoms with E-state index in [1.807, 2.05) is 24.1 Å². The molecule has 2 unspecified atom stereocenters. The molecule has 3 aromatic rings. The van der Waals surface area contributed by atoms with Crippen molar-refractivity contribution in [3.05, 3.63) is 71.0 Å². The highest BCUT2D eigenvalue weighted by atomic mass is 16.3. The average molecular weight is 444 g/mol. The van der Waals surface area contributed by atoms with Gasteiger partial charge in [-0.3, -0.25) is 9.78 Å². The summed E-state index contributed by atoms with van der Waals surface area (Å²) in [5.41, 5.74) is 5.09. The quantitative estimate of drug-likeness (QED) is 0.598. The molecule has 5 rings (SSSR count). The van der Waals surface area contributed by atoms with Crippen LogP contribution in [0.4, 0.5) is 5.69 Å². The van der Waals surface area contributed by atoms with E-state index in [1.165, 1.54) is 5.39 Å². The fraction of sp³-hybridized carbons (Fsp3) is 0.429. The Kier molecular flexibility index (Phi) is 6.07. The van der Waals surface area contributed by atoms with Crippen molar-refractivity contribution in [2.45, 2.75) is 64.5 Å². The third kappa shape index (κ3) is 4.10. The predicted octanol–water partition coefficient (Wildman–Crippen LogP) is 5.07. The number of pyridine rings is 1. The number of hydrogen-bond donors (Lipinski definition) is 1. The normalized spacial score (nSPS) is 20.9. The van der Waals surface area contributed by atoms with Crippen LogP contribution in [0.2, 0.25) is 0 Å². The Labute approximate surface area is 196 Å². The first-order valence-corrected chi connectivity index (χ1v) is 12.3. The third-order valence-corrected chi connectivity index (χ3v) is 7.19. The highest BCUT2D eigenvalue weighted by Crippen LogP contribution is 2.39. The molecule has 5 heteroatoms. The zero-order valence-electron chi connectivity index (χ0n) is 19.6. The van der Waals surface area contributed by atoms with Crippen LogP contribution in [0.25, 0.3) is 10.8 Å². The molecular weight excluding hydrogens is 410 g/mol. The van der Waals surface area contributed by atoms with Crippen molar-refractivity contribution in [3.63, 3.8) is 0 Å². The molecule has 5 nitrogen and oxygen atoms in total. The number of carbonyl (C=O) groups excluding carboxylic acids is 1. The molecule has 1 N–H and O–H groups in total. The smallest absolute Gasteiger partial charge is 0.257 e. The van der Waals surface area contributed by atoms with Gasteiger partial charge in [0.1, 0.15) is 0 Å². The lowest BCUT2D eigenvalue weighted by molar-refractivity contribution is 0.0163. The minimum Gasteiger partial charge on any atom is -0.391 e. The Hall–Kier alpha value is -2.92. The molecule has 0 saturated heterocycles. The van der Waals surface area contributed by atoms with Gasteiger partial charge in [-0.05, 0) is 61.3 Å². The lowest BCUT2D eigenvalue weighted by Crippen LogP contribution is -2.55. The van der Waals surface area contributed by atoms with Crippen LogP contribution < -0.4 is 4.90 Å². The third-order valence-electron chi connectivity index (χ3n) is 7.19. The van der Waals surface area contributed by atoms with Crippen LogP contribution in [-0.2, 0) is 6.42 Å². The molecule has 2 atom stereocenters. The summed E-state index contributed by atoms with van der Waals surface area (Å²) in [4.78, 5) is 22.6. The Morgan fingerprint density at radius 1 is 1.09 bits per heavy atom. The number of aromatic nitrogens is 1. The van der Waals surface area contributed by atoms with Gasteiger partial charge in [-0.15, -0.1) is 0 Å². The lowest BCUT2D eigenvalue weighted by atomic mass is 9.89. The number of aryl methyl sites for hydroxylation is 1. The maximum Gasteiger partial charge on any atom is 0.257 e. The van der Waals surface area contributed by atoms with Gasteiger partial charge < -0.3 is 14.9 Å². The fourth-order valence-electron chi connectivity index (χ4n) is 5.54. The molecule has 1 fully saturated rings. The number of nitrogens with zero attached hydrogens (tertiary/aromatic N) is 3. The SMILES string of the molecule is CCCN1CN(C2CCCCC2O)C(=O)c2cc(Cc3ccc(C)nc3)c3ccccc3c21. The van der Waals surface area contributed by atoms with Crippen LogP contribution in [0.1, 0.15) is 66.2 Å². The van der Waals surface area contributed by atoms with Crippen LogP contribution in [0, 0.1) is 6.92 Å². The molecule has 1 amide bonds. The van der Waals surface area contributed by atoms with Crippen molar-refractivity contribution in [2.24, 2.45) is 0 Å². The minimum atomic E-state index is -0.439. The van der Waals surface area contributed by atoms with E-state index in [0.717, 1.165) is 78.5 Å². The van der Waals surface area contributed by atoms with Gasteiger partial charge in [0.25, 0.3) is 5.91 Å². The summed E-state index contributed by atoms with van der Waals surface area (Å²) in [5, 5.41) is 13.1. The van der Waals surface area contributed by atoms with Crippen LogP contribution >= 0.6 is 0 Å². The van der Waals surface area contributed by atoms with Gasteiger partial charge in [0.05, 0.1) is 30.1 Å². The monoisotopic (exact) mass is 443 g/mol. The minimum absolute atomic E-state index is 0.0531. The zero-order chi connectivity index (χ0) is 22.9. The van der Waals surface area contributed by atoms with Gasteiger partial charge >= 0.3 is 0 Å². The Bertz CT molecular complexity index is 1160. The summed E-state index contributed by atoms with van der Waals surface area (Å²) in [6.45, 7) is 5.60. The molecular formula is C28H33N3O2. The number of carbonyl (C=O) groups is 1. The molecule has 2 heterocycles. The van der Waals surface area contributed by atoms with E-state index in [9.17, 15) is 9.90 Å². The van der Waals surface area contributed by atoms with E-state index in [4.69, 9.17) is 0 Å². The largest absolute Gasteiger partial charge is 0.391 e. The second-order valence-corrected chi connectivity index (χ2v) is 9.56. The van der Waals surface area contributed by atoms with Crippen molar-refractivity contribution in [1.29, 1.82) is 0 Å². The van der Waals surface area contributed by atoms with Crippen molar-refractivity contribution in [3.8, 4) is 0 Å². The van der Waals surface area contributed by atoms with Crippen LogP contribution in [0.5, 0.6) is 0 Å². The summed E-state index contributed by atoms with van der Waals surface area (Å²) in [7, 11) is 0. The molecule has 2 aromatic carbocycles. The highest BCUT2D eigenvalue weighted by Gasteiger charge is 2.38. The van der Waals surface area contributed by atoms with Crippen molar-refractivity contribution in [1.82, 2.24) is 9.88 Å². The number of hydrogen-bond acceptors (Lipinski definition) is 4. The second kappa shape index (κ2) is 9.14. The van der Waals surface area contributed by atoms with E-state index in [0.29, 0.717) is 6.67 Å². The number of amides is 1. The number of rotatable bonds is 5. The Morgan fingerprint density at radius 3 is 2.61 bits per heavy atom. The van der Waals surface area contributed by atoms with E-state index in [-0.39, 0.29) is 11.9 Å². The number of fused-ring (bicyclic) bond motifs is 3. The molecule has 172 valence electrons. The average Bonchev–Trinajstić information content (AvgIpc) is 2.83. The number of anilines is 1. The van der Waals surface area contributed by atoms with E-state index >= 15 is 0 Å². The number of aliphatic hydroxyl groups is 1. The Morgan fingerprint density at radius 2 is 1.88 bits per heavy atom. The molecule has 1 aromatic heterocycles. The van der Waals surface area contributed by atoms with E-state index < -0.39 is 6.10 Å². The van der Waals surface area contributed by atoms with Crippen LogP contribution in [-0.4, -0.2) is 46.3 Å². The van der Waals surface area contributed by atoms with Gasteiger partial charge in [-0.2, -0.15) is 0 Å². The molecule has 1 aliphatic heterocycles. The first kappa shape index (κ1) is 21.9. The van der Waals surface area contributed by atoms with E-state index in [2.05, 4.69) is 53.2 Å². The fourth-order valence-corrected chi connectivity index (χ4v) is 5.54. The summed E-state index contributed by atoms with van der Waals surface area (Å²) in [6.07, 6.45) is 6.97. The van der Waals surface area contributed by atoms with E-state index in [1.54, 1.807) is 0 Å². The topological polar surface area (TPSA) is 56.7 Å². The number of benzene rings is 2. The molecule has 1 saturated carbocycles. The first-order valence-electron chi connectivity index (χ1n) is 12.3. The van der Waals surface area contributed by atoms with Crippen molar-refractivity contribution in [2.75, 3.05) is 18.1 Å². The Balaban J connectivity index is 1.63. The molecule has 1 aliphatic carbocycles. The first-order chi connectivity index (χ1) is 16.1. The number of aliphatic hydroxyl groups excluding tert-OH is 1. The standard InChI is InChI=1S/C28H33N3O2/c1-3-14-30-18-31(25-10-6-7-11-26(25)32)28(33)24-16-21(15-20-13-12-19(2)29-17-20)22-8-4-5-9-23(22)27(24)30/h4-5,8-9,12-13,16-17,25-26,32H,3,6-7,10-11,14-15,18H2,1-2H3. The van der Waals surface area contributed by atoms with Crippen molar-refractivity contribution >= 4 is 22.4 Å². The van der Waals surface area contributed by atoms with Gasteiger partial charge in [0.2, 0.25) is 0 Å². The molecule has 0 spiro atoms. The maximum atomic E-state index is 13.9. The second-order valence-electron chi connectivity index (χ2n) is 9.56. The van der Waals surface area contributed by atoms with Gasteiger partial charge in [0, 0.05) is 23.8 Å². The summed E-state index contributed by atoms with van der Waals surface area (Å²) < 4.78 is 0. The molecule has 33 heavy (non-hydrogen) atoms.